The van der Waals surface area contributed by atoms with Crippen LogP contribution in [-0.2, 0) is 0 Å². The van der Waals surface area contributed by atoms with Gasteiger partial charge in [-0.25, -0.2) is 0 Å². The number of pyridine rings is 2. The lowest BCUT2D eigenvalue weighted by Crippen LogP contribution is -1.88. The first-order valence-electron chi connectivity index (χ1n) is 7.28. The minimum atomic E-state index is 0.983. The largest absolute Gasteiger partial charge is 0.366 e. The Morgan fingerprint density at radius 3 is 2.59 bits per heavy atom. The number of para-hydroxylation sites is 1. The molecular formula is C19H15N3. The number of rotatable bonds is 2. The summed E-state index contributed by atoms with van der Waals surface area (Å²) >= 11 is 0. The maximum absolute atomic E-state index is 4.65. The molecule has 0 fully saturated rings. The van der Waals surface area contributed by atoms with Gasteiger partial charge in [0.25, 0.3) is 0 Å². The molecule has 0 amide bonds. The van der Waals surface area contributed by atoms with Crippen molar-refractivity contribution in [1.82, 2.24) is 15.0 Å². The molecule has 0 aliphatic rings. The lowest BCUT2D eigenvalue weighted by molar-refractivity contribution is 1.21. The summed E-state index contributed by atoms with van der Waals surface area (Å²) in [6.45, 7) is 2.01. The van der Waals surface area contributed by atoms with E-state index in [0.717, 1.165) is 33.4 Å². The number of H-pyrrole nitrogens is 1. The zero-order valence-electron chi connectivity index (χ0n) is 12.2. The molecule has 4 aromatic rings. The minimum Gasteiger partial charge on any atom is -0.366 e. The third kappa shape index (κ3) is 2.07. The second-order valence-corrected chi connectivity index (χ2v) is 5.32. The van der Waals surface area contributed by atoms with E-state index in [1.165, 1.54) is 5.56 Å². The predicted molar refractivity (Wildman–Crippen MR) is 89.5 cm³/mol. The Labute approximate surface area is 128 Å². The van der Waals surface area contributed by atoms with E-state index in [0.29, 0.717) is 0 Å². The third-order valence-corrected chi connectivity index (χ3v) is 3.85. The molecular weight excluding hydrogens is 270 g/mol. The number of benzene rings is 1. The van der Waals surface area contributed by atoms with Crippen LogP contribution < -0.4 is 0 Å². The summed E-state index contributed by atoms with van der Waals surface area (Å²) in [5.74, 6) is 0. The molecule has 1 aromatic carbocycles. The van der Waals surface area contributed by atoms with Gasteiger partial charge in [0.2, 0.25) is 0 Å². The van der Waals surface area contributed by atoms with E-state index >= 15 is 0 Å². The van der Waals surface area contributed by atoms with Gasteiger partial charge in [-0.05, 0) is 36.8 Å². The van der Waals surface area contributed by atoms with Crippen LogP contribution in [0.1, 0.15) is 5.69 Å². The number of nitrogens with zero attached hydrogens (tertiary/aromatic N) is 2. The topological polar surface area (TPSA) is 41.6 Å². The van der Waals surface area contributed by atoms with E-state index < -0.39 is 0 Å². The van der Waals surface area contributed by atoms with Crippen molar-refractivity contribution in [2.45, 2.75) is 6.92 Å². The van der Waals surface area contributed by atoms with Crippen molar-refractivity contribution in [1.29, 1.82) is 0 Å². The molecule has 4 rings (SSSR count). The monoisotopic (exact) mass is 285 g/mol. The maximum atomic E-state index is 4.65. The highest BCUT2D eigenvalue weighted by Gasteiger charge is 2.12. The zero-order chi connectivity index (χ0) is 14.9. The third-order valence-electron chi connectivity index (χ3n) is 3.85. The molecule has 3 heterocycles. The maximum Gasteiger partial charge on any atom is 0.0726 e. The Morgan fingerprint density at radius 1 is 0.818 bits per heavy atom. The summed E-state index contributed by atoms with van der Waals surface area (Å²) in [6, 6.07) is 16.4. The number of fused-ring (bicyclic) bond motifs is 1. The van der Waals surface area contributed by atoms with Gasteiger partial charge in [-0.15, -0.1) is 0 Å². The smallest absolute Gasteiger partial charge is 0.0726 e. The van der Waals surface area contributed by atoms with Gasteiger partial charge in [0.15, 0.2) is 0 Å². The Kier molecular flexibility index (Phi) is 2.97. The van der Waals surface area contributed by atoms with Crippen molar-refractivity contribution in [2.24, 2.45) is 0 Å². The Bertz CT molecular complexity index is 948. The normalized spacial score (nSPS) is 11.0. The van der Waals surface area contributed by atoms with Crippen molar-refractivity contribution in [3.8, 4) is 22.4 Å². The molecule has 0 saturated carbocycles. The second kappa shape index (κ2) is 5.11. The van der Waals surface area contributed by atoms with Gasteiger partial charge in [-0.1, -0.05) is 24.3 Å². The van der Waals surface area contributed by atoms with Gasteiger partial charge in [-0.3, -0.25) is 9.97 Å². The molecule has 3 nitrogen and oxygen atoms in total. The summed E-state index contributed by atoms with van der Waals surface area (Å²) in [4.78, 5) is 12.3. The number of hydrogen-bond acceptors (Lipinski definition) is 2. The summed E-state index contributed by atoms with van der Waals surface area (Å²) in [6.07, 6.45) is 5.89. The van der Waals surface area contributed by atoms with E-state index in [9.17, 15) is 0 Å². The number of nitrogens with one attached hydrogen (secondary N) is 1. The van der Waals surface area contributed by atoms with Crippen molar-refractivity contribution in [3.63, 3.8) is 0 Å². The van der Waals surface area contributed by atoms with Gasteiger partial charge < -0.3 is 4.98 Å². The molecule has 0 saturated heterocycles. The summed E-state index contributed by atoms with van der Waals surface area (Å²) in [5.41, 5.74) is 6.44. The second-order valence-electron chi connectivity index (χ2n) is 5.32. The summed E-state index contributed by atoms with van der Waals surface area (Å²) < 4.78 is 0. The van der Waals surface area contributed by atoms with Crippen LogP contribution >= 0.6 is 0 Å². The van der Waals surface area contributed by atoms with Gasteiger partial charge in [-0.2, -0.15) is 0 Å². The van der Waals surface area contributed by atoms with Crippen LogP contribution in [0.3, 0.4) is 0 Å². The highest BCUT2D eigenvalue weighted by atomic mass is 14.7. The predicted octanol–water partition coefficient (Wildman–Crippen LogP) is 4.60. The number of hydrogen-bond donors (Lipinski definition) is 1. The first-order chi connectivity index (χ1) is 10.8. The molecule has 1 N–H and O–H groups in total. The first kappa shape index (κ1) is 12.8. The fourth-order valence-electron chi connectivity index (χ4n) is 2.82. The van der Waals surface area contributed by atoms with Gasteiger partial charge >= 0.3 is 0 Å². The van der Waals surface area contributed by atoms with Gasteiger partial charge in [0.05, 0.1) is 11.2 Å². The van der Waals surface area contributed by atoms with Crippen LogP contribution in [0, 0.1) is 6.92 Å². The van der Waals surface area contributed by atoms with E-state index in [2.05, 4.69) is 27.1 Å². The minimum absolute atomic E-state index is 0.983. The quantitative estimate of drug-likeness (QED) is 0.584. The van der Waals surface area contributed by atoms with Crippen LogP contribution in [0.2, 0.25) is 0 Å². The van der Waals surface area contributed by atoms with Crippen molar-refractivity contribution >= 4 is 10.9 Å². The van der Waals surface area contributed by atoms with Crippen molar-refractivity contribution in [3.05, 3.63) is 72.8 Å². The molecule has 0 spiro atoms. The molecule has 106 valence electrons. The standard InChI is InChI=1S/C19H15N3/c1-13-5-4-8-19(22-13)17-12-20-11-16(17)14-9-10-21-18-7-3-2-6-15(14)18/h2-12,20H,1H3. The Hall–Kier alpha value is -2.94. The van der Waals surface area contributed by atoms with E-state index in [-0.39, 0.29) is 0 Å². The summed E-state index contributed by atoms with van der Waals surface area (Å²) in [5, 5.41) is 1.15. The van der Waals surface area contributed by atoms with Crippen molar-refractivity contribution in [2.75, 3.05) is 0 Å². The fraction of sp³-hybridized carbons (Fsp3) is 0.0526. The van der Waals surface area contributed by atoms with E-state index in [1.54, 1.807) is 0 Å². The Morgan fingerprint density at radius 2 is 1.68 bits per heavy atom. The van der Waals surface area contributed by atoms with Crippen LogP contribution in [0.15, 0.2) is 67.1 Å². The molecule has 0 radical (unpaired) electrons. The number of aromatic nitrogens is 3. The molecule has 3 heteroatoms. The van der Waals surface area contributed by atoms with E-state index in [4.69, 9.17) is 0 Å². The SMILES string of the molecule is Cc1cccc(-c2c[nH]cc2-c2ccnc3ccccc23)n1. The highest BCUT2D eigenvalue weighted by Crippen LogP contribution is 2.34. The average molecular weight is 285 g/mol. The lowest BCUT2D eigenvalue weighted by Gasteiger charge is -2.08. The molecule has 0 aliphatic carbocycles. The number of aromatic amines is 1. The van der Waals surface area contributed by atoms with Crippen molar-refractivity contribution < 1.29 is 0 Å². The van der Waals surface area contributed by atoms with Gasteiger partial charge in [0, 0.05) is 40.8 Å². The van der Waals surface area contributed by atoms with Crippen LogP contribution in [-0.4, -0.2) is 15.0 Å². The van der Waals surface area contributed by atoms with E-state index in [1.807, 2.05) is 61.9 Å². The fourth-order valence-corrected chi connectivity index (χ4v) is 2.82. The van der Waals surface area contributed by atoms with Crippen LogP contribution in [0.5, 0.6) is 0 Å². The Balaban J connectivity index is 1.96. The molecule has 0 aliphatic heterocycles. The molecule has 3 aromatic heterocycles. The average Bonchev–Trinajstić information content (AvgIpc) is 3.04. The first-order valence-corrected chi connectivity index (χ1v) is 7.28. The molecule has 0 bridgehead atoms. The summed E-state index contributed by atoms with van der Waals surface area (Å²) in [7, 11) is 0. The molecule has 22 heavy (non-hydrogen) atoms. The van der Waals surface area contributed by atoms with Crippen LogP contribution in [0.25, 0.3) is 33.3 Å². The zero-order valence-corrected chi connectivity index (χ0v) is 12.2. The molecule has 0 atom stereocenters. The highest BCUT2D eigenvalue weighted by molar-refractivity contribution is 5.98. The number of aryl methyl sites for hydroxylation is 1. The lowest BCUT2D eigenvalue weighted by atomic mass is 9.99. The molecule has 0 unspecified atom stereocenters. The van der Waals surface area contributed by atoms with Gasteiger partial charge in [0.1, 0.15) is 0 Å². The van der Waals surface area contributed by atoms with Crippen LogP contribution in [0.4, 0.5) is 0 Å².